The monoisotopic (exact) mass is 216 g/mol. The van der Waals surface area contributed by atoms with Gasteiger partial charge in [-0.2, -0.15) is 0 Å². The maximum absolute atomic E-state index is 10.7. The minimum absolute atomic E-state index is 0.166. The van der Waals surface area contributed by atoms with Gasteiger partial charge in [-0.3, -0.25) is 0 Å². The molecule has 1 saturated carbocycles. The van der Waals surface area contributed by atoms with Crippen LogP contribution in [-0.4, -0.2) is 37.0 Å². The van der Waals surface area contributed by atoms with Crippen LogP contribution in [0.5, 0.6) is 0 Å². The first kappa shape index (κ1) is 12.5. The SMILES string of the molecule is CCOC(COCC1CCCC1)C(=O)O. The van der Waals surface area contributed by atoms with Gasteiger partial charge in [-0.15, -0.1) is 0 Å². The second kappa shape index (κ2) is 6.80. The third kappa shape index (κ3) is 4.62. The van der Waals surface area contributed by atoms with E-state index in [1.807, 2.05) is 0 Å². The van der Waals surface area contributed by atoms with Gasteiger partial charge in [0.25, 0.3) is 0 Å². The van der Waals surface area contributed by atoms with Crippen LogP contribution in [0.2, 0.25) is 0 Å². The number of ether oxygens (including phenoxy) is 2. The Balaban J connectivity index is 2.12. The quantitative estimate of drug-likeness (QED) is 0.703. The van der Waals surface area contributed by atoms with E-state index < -0.39 is 12.1 Å². The zero-order valence-electron chi connectivity index (χ0n) is 9.28. The molecule has 0 bridgehead atoms. The number of hydrogen-bond donors (Lipinski definition) is 1. The first-order valence-corrected chi connectivity index (χ1v) is 5.66. The highest BCUT2D eigenvalue weighted by Crippen LogP contribution is 2.24. The highest BCUT2D eigenvalue weighted by atomic mass is 16.5. The van der Waals surface area contributed by atoms with Crippen LogP contribution in [0.4, 0.5) is 0 Å². The Labute approximate surface area is 90.6 Å². The van der Waals surface area contributed by atoms with Gasteiger partial charge in [-0.1, -0.05) is 12.8 Å². The number of hydrogen-bond acceptors (Lipinski definition) is 3. The van der Waals surface area contributed by atoms with Crippen molar-refractivity contribution in [3.05, 3.63) is 0 Å². The molecule has 1 aliphatic carbocycles. The van der Waals surface area contributed by atoms with Gasteiger partial charge in [0.05, 0.1) is 6.61 Å². The van der Waals surface area contributed by atoms with E-state index in [0.717, 1.165) is 0 Å². The van der Waals surface area contributed by atoms with Crippen LogP contribution < -0.4 is 0 Å². The summed E-state index contributed by atoms with van der Waals surface area (Å²) in [4.78, 5) is 10.7. The summed E-state index contributed by atoms with van der Waals surface area (Å²) in [6.45, 7) is 3.03. The van der Waals surface area contributed by atoms with Crippen LogP contribution in [0.3, 0.4) is 0 Å². The molecule has 0 saturated heterocycles. The second-order valence-electron chi connectivity index (χ2n) is 3.97. The number of carbonyl (C=O) groups is 1. The Morgan fingerprint density at radius 2 is 2.13 bits per heavy atom. The molecule has 0 radical (unpaired) electrons. The van der Waals surface area contributed by atoms with E-state index in [1.54, 1.807) is 6.92 Å². The smallest absolute Gasteiger partial charge is 0.335 e. The van der Waals surface area contributed by atoms with Crippen molar-refractivity contribution in [2.24, 2.45) is 5.92 Å². The minimum atomic E-state index is -0.941. The fourth-order valence-electron chi connectivity index (χ4n) is 1.91. The summed E-state index contributed by atoms with van der Waals surface area (Å²) in [5.41, 5.74) is 0. The number of carboxylic acids is 1. The van der Waals surface area contributed by atoms with Gasteiger partial charge in [0.2, 0.25) is 0 Å². The van der Waals surface area contributed by atoms with Crippen molar-refractivity contribution in [2.75, 3.05) is 19.8 Å². The summed E-state index contributed by atoms with van der Waals surface area (Å²) in [7, 11) is 0. The Hall–Kier alpha value is -0.610. The molecular weight excluding hydrogens is 196 g/mol. The van der Waals surface area contributed by atoms with Gasteiger partial charge >= 0.3 is 5.97 Å². The van der Waals surface area contributed by atoms with Crippen LogP contribution in [0.15, 0.2) is 0 Å². The molecule has 0 aromatic rings. The van der Waals surface area contributed by atoms with Crippen molar-refractivity contribution in [1.82, 2.24) is 0 Å². The molecule has 1 unspecified atom stereocenters. The summed E-state index contributed by atoms with van der Waals surface area (Å²) < 4.78 is 10.4. The van der Waals surface area contributed by atoms with Crippen molar-refractivity contribution in [3.8, 4) is 0 Å². The van der Waals surface area contributed by atoms with Crippen molar-refractivity contribution >= 4 is 5.97 Å². The minimum Gasteiger partial charge on any atom is -0.479 e. The van der Waals surface area contributed by atoms with Crippen LogP contribution in [0.1, 0.15) is 32.6 Å². The van der Waals surface area contributed by atoms with E-state index >= 15 is 0 Å². The Bertz CT molecular complexity index is 187. The van der Waals surface area contributed by atoms with Crippen LogP contribution in [0.25, 0.3) is 0 Å². The molecule has 0 aromatic heterocycles. The van der Waals surface area contributed by atoms with Crippen molar-refractivity contribution in [1.29, 1.82) is 0 Å². The molecule has 0 amide bonds. The van der Waals surface area contributed by atoms with Crippen LogP contribution in [-0.2, 0) is 14.3 Å². The highest BCUT2D eigenvalue weighted by Gasteiger charge is 2.20. The zero-order chi connectivity index (χ0) is 11.1. The lowest BCUT2D eigenvalue weighted by Crippen LogP contribution is -2.30. The molecule has 15 heavy (non-hydrogen) atoms. The molecule has 0 aromatic carbocycles. The lowest BCUT2D eigenvalue weighted by atomic mass is 10.1. The molecule has 4 nitrogen and oxygen atoms in total. The first-order valence-electron chi connectivity index (χ1n) is 5.66. The molecule has 1 rings (SSSR count). The van der Waals surface area contributed by atoms with E-state index in [-0.39, 0.29) is 6.61 Å². The average Bonchev–Trinajstić information content (AvgIpc) is 2.69. The normalized spacial score (nSPS) is 19.3. The van der Waals surface area contributed by atoms with Crippen molar-refractivity contribution in [3.63, 3.8) is 0 Å². The average molecular weight is 216 g/mol. The summed E-state index contributed by atoms with van der Waals surface area (Å²) in [5.74, 6) is -0.315. The summed E-state index contributed by atoms with van der Waals surface area (Å²) in [6.07, 6.45) is 4.18. The van der Waals surface area contributed by atoms with E-state index in [4.69, 9.17) is 14.6 Å². The summed E-state index contributed by atoms with van der Waals surface area (Å²) in [5, 5.41) is 8.79. The number of carboxylic acid groups (broad SMARTS) is 1. The lowest BCUT2D eigenvalue weighted by Gasteiger charge is -2.14. The zero-order valence-corrected chi connectivity index (χ0v) is 9.28. The van der Waals surface area contributed by atoms with E-state index in [1.165, 1.54) is 25.7 Å². The predicted molar refractivity (Wildman–Crippen MR) is 55.8 cm³/mol. The summed E-state index contributed by atoms with van der Waals surface area (Å²) >= 11 is 0. The third-order valence-electron chi connectivity index (χ3n) is 2.74. The van der Waals surface area contributed by atoms with Gasteiger partial charge in [0.1, 0.15) is 0 Å². The fraction of sp³-hybridized carbons (Fsp3) is 0.909. The molecule has 1 fully saturated rings. The summed E-state index contributed by atoms with van der Waals surface area (Å²) in [6, 6.07) is 0. The molecular formula is C11H20O4. The predicted octanol–water partition coefficient (Wildman–Crippen LogP) is 1.68. The Morgan fingerprint density at radius 3 is 2.67 bits per heavy atom. The van der Waals surface area contributed by atoms with Crippen LogP contribution >= 0.6 is 0 Å². The first-order chi connectivity index (χ1) is 7.24. The molecule has 1 atom stereocenters. The van der Waals surface area contributed by atoms with E-state index in [2.05, 4.69) is 0 Å². The van der Waals surface area contributed by atoms with E-state index in [9.17, 15) is 4.79 Å². The van der Waals surface area contributed by atoms with Crippen LogP contribution in [0, 0.1) is 5.92 Å². The molecule has 0 aliphatic heterocycles. The van der Waals surface area contributed by atoms with Gasteiger partial charge in [0, 0.05) is 13.2 Å². The highest BCUT2D eigenvalue weighted by molar-refractivity contribution is 5.72. The molecule has 4 heteroatoms. The standard InChI is InChI=1S/C11H20O4/c1-2-15-10(11(12)13)8-14-7-9-5-3-4-6-9/h9-10H,2-8H2,1H3,(H,12,13). The third-order valence-corrected chi connectivity index (χ3v) is 2.74. The van der Waals surface area contributed by atoms with Gasteiger partial charge < -0.3 is 14.6 Å². The van der Waals surface area contributed by atoms with E-state index in [0.29, 0.717) is 19.1 Å². The topological polar surface area (TPSA) is 55.8 Å². The molecule has 88 valence electrons. The molecule has 1 N–H and O–H groups in total. The Kier molecular flexibility index (Phi) is 5.65. The second-order valence-corrected chi connectivity index (χ2v) is 3.97. The lowest BCUT2D eigenvalue weighted by molar-refractivity contribution is -0.154. The molecule has 0 spiro atoms. The van der Waals surface area contributed by atoms with Crippen molar-refractivity contribution in [2.45, 2.75) is 38.7 Å². The maximum atomic E-state index is 10.7. The number of aliphatic carboxylic acids is 1. The van der Waals surface area contributed by atoms with Gasteiger partial charge in [0.15, 0.2) is 6.10 Å². The largest absolute Gasteiger partial charge is 0.479 e. The van der Waals surface area contributed by atoms with Gasteiger partial charge in [-0.25, -0.2) is 4.79 Å². The maximum Gasteiger partial charge on any atom is 0.335 e. The number of rotatable bonds is 7. The fourth-order valence-corrected chi connectivity index (χ4v) is 1.91. The molecule has 0 heterocycles. The molecule has 1 aliphatic rings. The van der Waals surface area contributed by atoms with Gasteiger partial charge in [-0.05, 0) is 25.7 Å². The Morgan fingerprint density at radius 1 is 1.47 bits per heavy atom. The van der Waals surface area contributed by atoms with Crippen molar-refractivity contribution < 1.29 is 19.4 Å².